The highest BCUT2D eigenvalue weighted by atomic mass is 35.5. The molecule has 0 saturated carbocycles. The summed E-state index contributed by atoms with van der Waals surface area (Å²) < 4.78 is 11.1. The topological polar surface area (TPSA) is 67.8 Å². The third-order valence-corrected chi connectivity index (χ3v) is 5.81. The fraction of sp³-hybridized carbons (Fsp3) is 0.261. The van der Waals surface area contributed by atoms with E-state index in [1.54, 1.807) is 37.4 Å². The van der Waals surface area contributed by atoms with E-state index in [1.165, 1.54) is 6.33 Å². The van der Waals surface area contributed by atoms with E-state index in [0.29, 0.717) is 52.6 Å². The maximum absolute atomic E-state index is 13.0. The van der Waals surface area contributed by atoms with Gasteiger partial charge in [0.2, 0.25) is 5.88 Å². The number of anilines is 1. The van der Waals surface area contributed by atoms with Crippen LogP contribution in [0.1, 0.15) is 17.3 Å². The Morgan fingerprint density at radius 2 is 1.88 bits per heavy atom. The minimum absolute atomic E-state index is 0.0410. The van der Waals surface area contributed by atoms with Gasteiger partial charge < -0.3 is 19.3 Å². The van der Waals surface area contributed by atoms with E-state index in [-0.39, 0.29) is 11.9 Å². The van der Waals surface area contributed by atoms with Crippen molar-refractivity contribution in [2.24, 2.45) is 0 Å². The van der Waals surface area contributed by atoms with Gasteiger partial charge in [-0.15, -0.1) is 0 Å². The summed E-state index contributed by atoms with van der Waals surface area (Å²) in [5, 5.41) is 0.854. The molecule has 0 aliphatic carbocycles. The van der Waals surface area contributed by atoms with Crippen molar-refractivity contribution < 1.29 is 14.3 Å². The Balaban J connectivity index is 1.45. The van der Waals surface area contributed by atoms with Crippen LogP contribution in [0.3, 0.4) is 0 Å². The molecule has 1 fully saturated rings. The molecule has 0 unspecified atom stereocenters. The fourth-order valence-corrected chi connectivity index (χ4v) is 4.12. The van der Waals surface area contributed by atoms with Crippen molar-refractivity contribution in [1.29, 1.82) is 0 Å². The monoisotopic (exact) mass is 472 g/mol. The zero-order valence-corrected chi connectivity index (χ0v) is 19.2. The van der Waals surface area contributed by atoms with Gasteiger partial charge in [0.25, 0.3) is 5.91 Å². The number of hydrogen-bond donors (Lipinski definition) is 0. The van der Waals surface area contributed by atoms with Gasteiger partial charge in [0, 0.05) is 42.8 Å². The Kier molecular flexibility index (Phi) is 6.67. The third kappa shape index (κ3) is 4.89. The zero-order valence-electron chi connectivity index (χ0n) is 17.7. The number of piperazine rings is 1. The lowest BCUT2D eigenvalue weighted by Crippen LogP contribution is -2.54. The van der Waals surface area contributed by atoms with Crippen LogP contribution in [0.2, 0.25) is 10.0 Å². The van der Waals surface area contributed by atoms with Gasteiger partial charge in [-0.2, -0.15) is 0 Å². The summed E-state index contributed by atoms with van der Waals surface area (Å²) in [5.41, 5.74) is 0.451. The molecule has 9 heteroatoms. The first kappa shape index (κ1) is 22.2. The SMILES string of the molecule is COc1cccc(Oc2cc(N3CCN(C(=O)c4ccc(Cl)cc4Cl)[C@H](C)C3)ncn2)c1. The van der Waals surface area contributed by atoms with Gasteiger partial charge in [0.15, 0.2) is 0 Å². The molecular formula is C23H22Cl2N4O3. The number of benzene rings is 2. The Morgan fingerprint density at radius 3 is 2.62 bits per heavy atom. The van der Waals surface area contributed by atoms with E-state index < -0.39 is 0 Å². The average Bonchev–Trinajstić information content (AvgIpc) is 2.79. The average molecular weight is 473 g/mol. The molecule has 0 N–H and O–H groups in total. The molecule has 2 aromatic carbocycles. The van der Waals surface area contributed by atoms with Crippen LogP contribution < -0.4 is 14.4 Å². The molecule has 0 spiro atoms. The molecule has 1 amide bonds. The van der Waals surface area contributed by atoms with Crippen molar-refractivity contribution in [3.8, 4) is 17.4 Å². The summed E-state index contributed by atoms with van der Waals surface area (Å²) in [6.07, 6.45) is 1.47. The van der Waals surface area contributed by atoms with E-state index in [2.05, 4.69) is 14.9 Å². The lowest BCUT2D eigenvalue weighted by Gasteiger charge is -2.40. The number of ether oxygens (including phenoxy) is 2. The first-order valence-electron chi connectivity index (χ1n) is 10.1. The molecule has 1 aromatic heterocycles. The first-order valence-corrected chi connectivity index (χ1v) is 10.8. The second kappa shape index (κ2) is 9.63. The molecule has 1 aliphatic rings. The standard InChI is InChI=1S/C23H22Cl2N4O3/c1-15-13-28(8-9-29(15)23(30)19-7-6-16(24)10-20(19)25)21-12-22(27-14-26-21)32-18-5-3-4-17(11-18)31-2/h3-7,10-12,14-15H,8-9,13H2,1-2H3/t15-/m1/s1. The minimum atomic E-state index is -0.108. The molecule has 0 radical (unpaired) electrons. The van der Waals surface area contributed by atoms with Gasteiger partial charge >= 0.3 is 0 Å². The van der Waals surface area contributed by atoms with E-state index >= 15 is 0 Å². The molecular weight excluding hydrogens is 451 g/mol. The molecule has 2 heterocycles. The summed E-state index contributed by atoms with van der Waals surface area (Å²) in [6.45, 7) is 3.78. The lowest BCUT2D eigenvalue weighted by molar-refractivity contribution is 0.0674. The van der Waals surface area contributed by atoms with Crippen molar-refractivity contribution in [3.63, 3.8) is 0 Å². The fourth-order valence-electron chi connectivity index (χ4n) is 3.63. The van der Waals surface area contributed by atoms with Gasteiger partial charge in [-0.25, -0.2) is 9.97 Å². The Hall–Kier alpha value is -3.03. The van der Waals surface area contributed by atoms with Crippen molar-refractivity contribution >= 4 is 34.9 Å². The van der Waals surface area contributed by atoms with Crippen LogP contribution in [-0.4, -0.2) is 53.6 Å². The second-order valence-corrected chi connectivity index (χ2v) is 8.26. The number of carbonyl (C=O) groups is 1. The molecule has 0 bridgehead atoms. The molecule has 1 atom stereocenters. The lowest BCUT2D eigenvalue weighted by atomic mass is 10.1. The summed E-state index contributed by atoms with van der Waals surface area (Å²) in [5.74, 6) is 2.39. The number of hydrogen-bond acceptors (Lipinski definition) is 6. The van der Waals surface area contributed by atoms with E-state index in [9.17, 15) is 4.79 Å². The van der Waals surface area contributed by atoms with Gasteiger partial charge in [-0.05, 0) is 37.3 Å². The van der Waals surface area contributed by atoms with Crippen LogP contribution in [0.4, 0.5) is 5.82 Å². The predicted molar refractivity (Wildman–Crippen MR) is 124 cm³/mol. The molecule has 7 nitrogen and oxygen atoms in total. The highest BCUT2D eigenvalue weighted by molar-refractivity contribution is 6.36. The number of carbonyl (C=O) groups excluding carboxylic acids is 1. The Bertz CT molecular complexity index is 1130. The highest BCUT2D eigenvalue weighted by Crippen LogP contribution is 2.28. The quantitative estimate of drug-likeness (QED) is 0.523. The minimum Gasteiger partial charge on any atom is -0.497 e. The van der Waals surface area contributed by atoms with Crippen LogP contribution in [-0.2, 0) is 0 Å². The number of methoxy groups -OCH3 is 1. The van der Waals surface area contributed by atoms with Gasteiger partial charge in [0.05, 0.1) is 17.7 Å². The van der Waals surface area contributed by atoms with Crippen LogP contribution in [0.25, 0.3) is 0 Å². The van der Waals surface area contributed by atoms with E-state index in [4.69, 9.17) is 32.7 Å². The Morgan fingerprint density at radius 1 is 1.06 bits per heavy atom. The molecule has 3 aromatic rings. The highest BCUT2D eigenvalue weighted by Gasteiger charge is 2.30. The largest absolute Gasteiger partial charge is 0.497 e. The maximum atomic E-state index is 13.0. The van der Waals surface area contributed by atoms with Crippen LogP contribution in [0.15, 0.2) is 54.9 Å². The number of nitrogens with zero attached hydrogens (tertiary/aromatic N) is 4. The smallest absolute Gasteiger partial charge is 0.255 e. The molecule has 32 heavy (non-hydrogen) atoms. The first-order chi connectivity index (χ1) is 15.4. The Labute approximate surface area is 196 Å². The normalized spacial score (nSPS) is 16.1. The number of amides is 1. The van der Waals surface area contributed by atoms with Crippen LogP contribution >= 0.6 is 23.2 Å². The van der Waals surface area contributed by atoms with Crippen LogP contribution in [0.5, 0.6) is 17.4 Å². The second-order valence-electron chi connectivity index (χ2n) is 7.41. The number of halogens is 2. The van der Waals surface area contributed by atoms with E-state index in [1.807, 2.05) is 30.0 Å². The van der Waals surface area contributed by atoms with Crippen molar-refractivity contribution in [2.75, 3.05) is 31.6 Å². The third-order valence-electron chi connectivity index (χ3n) is 5.27. The molecule has 1 aliphatic heterocycles. The van der Waals surface area contributed by atoms with Gasteiger partial charge in [0.1, 0.15) is 23.6 Å². The summed E-state index contributed by atoms with van der Waals surface area (Å²) in [7, 11) is 1.61. The van der Waals surface area contributed by atoms with Gasteiger partial charge in [-0.1, -0.05) is 29.3 Å². The predicted octanol–water partition coefficient (Wildman–Crippen LogP) is 4.94. The van der Waals surface area contributed by atoms with Crippen molar-refractivity contribution in [2.45, 2.75) is 13.0 Å². The number of aromatic nitrogens is 2. The van der Waals surface area contributed by atoms with Crippen LogP contribution in [0, 0.1) is 0 Å². The molecule has 4 rings (SSSR count). The van der Waals surface area contributed by atoms with Gasteiger partial charge in [-0.3, -0.25) is 4.79 Å². The molecule has 1 saturated heterocycles. The summed E-state index contributed by atoms with van der Waals surface area (Å²) in [4.78, 5) is 25.6. The van der Waals surface area contributed by atoms with E-state index in [0.717, 1.165) is 5.82 Å². The maximum Gasteiger partial charge on any atom is 0.255 e. The summed E-state index contributed by atoms with van der Waals surface area (Å²) >= 11 is 12.2. The number of rotatable bonds is 5. The molecule has 166 valence electrons. The zero-order chi connectivity index (χ0) is 22.7. The van der Waals surface area contributed by atoms with Crippen molar-refractivity contribution in [3.05, 3.63) is 70.5 Å². The van der Waals surface area contributed by atoms with Crippen molar-refractivity contribution in [1.82, 2.24) is 14.9 Å². The summed E-state index contributed by atoms with van der Waals surface area (Å²) in [6, 6.07) is 14.0.